The number of carbonyl (C=O) groups is 4. The number of fused-ring (bicyclic) bond motifs is 1. The Morgan fingerprint density at radius 2 is 1.71 bits per heavy atom. The number of esters is 1. The van der Waals surface area contributed by atoms with Crippen LogP contribution < -0.4 is 0 Å². The van der Waals surface area contributed by atoms with Gasteiger partial charge in [-0.25, -0.2) is 0 Å². The second kappa shape index (κ2) is 8.51. The van der Waals surface area contributed by atoms with E-state index < -0.39 is 17.8 Å². The Labute approximate surface area is 161 Å². The van der Waals surface area contributed by atoms with Gasteiger partial charge in [0, 0.05) is 19.5 Å². The highest BCUT2D eigenvalue weighted by Crippen LogP contribution is 2.22. The molecule has 1 aliphatic rings. The summed E-state index contributed by atoms with van der Waals surface area (Å²) in [7, 11) is 1.28. The molecule has 146 valence electrons. The predicted molar refractivity (Wildman–Crippen MR) is 97.2 cm³/mol. The Morgan fingerprint density at radius 1 is 1.04 bits per heavy atom. The van der Waals surface area contributed by atoms with Crippen molar-refractivity contribution < 1.29 is 28.3 Å². The smallest absolute Gasteiger partial charge is 0.307 e. The van der Waals surface area contributed by atoms with Gasteiger partial charge < -0.3 is 14.1 Å². The summed E-state index contributed by atoms with van der Waals surface area (Å²) >= 11 is 0. The molecule has 0 spiro atoms. The SMILES string of the molecule is COC(=O)CCN(Cc1ccco1)C(=O)CCN1C(=O)c2ccccc2C1=O. The maximum absolute atomic E-state index is 12.7. The molecule has 8 nitrogen and oxygen atoms in total. The van der Waals surface area contributed by atoms with Crippen molar-refractivity contribution in [3.8, 4) is 0 Å². The van der Waals surface area contributed by atoms with Crippen molar-refractivity contribution in [3.63, 3.8) is 0 Å². The average Bonchev–Trinajstić information content (AvgIpc) is 3.30. The van der Waals surface area contributed by atoms with Gasteiger partial charge in [0.15, 0.2) is 0 Å². The van der Waals surface area contributed by atoms with Gasteiger partial charge in [0.05, 0.1) is 37.5 Å². The van der Waals surface area contributed by atoms with Crippen molar-refractivity contribution >= 4 is 23.7 Å². The molecule has 0 saturated carbocycles. The lowest BCUT2D eigenvalue weighted by Crippen LogP contribution is -2.37. The van der Waals surface area contributed by atoms with Gasteiger partial charge in [-0.1, -0.05) is 12.1 Å². The number of hydrogen-bond donors (Lipinski definition) is 0. The van der Waals surface area contributed by atoms with Crippen LogP contribution in [0, 0.1) is 0 Å². The number of imide groups is 1. The van der Waals surface area contributed by atoms with E-state index in [0.717, 1.165) is 4.90 Å². The van der Waals surface area contributed by atoms with Crippen LogP contribution >= 0.6 is 0 Å². The summed E-state index contributed by atoms with van der Waals surface area (Å²) in [5, 5.41) is 0. The molecule has 1 aromatic carbocycles. The second-order valence-electron chi connectivity index (χ2n) is 6.28. The van der Waals surface area contributed by atoms with Crippen molar-refractivity contribution in [3.05, 3.63) is 59.5 Å². The van der Waals surface area contributed by atoms with Crippen molar-refractivity contribution in [2.75, 3.05) is 20.2 Å². The van der Waals surface area contributed by atoms with Crippen LogP contribution in [0.15, 0.2) is 47.1 Å². The molecule has 0 bridgehead atoms. The van der Waals surface area contributed by atoms with Gasteiger partial charge in [-0.2, -0.15) is 0 Å². The van der Waals surface area contributed by atoms with Crippen molar-refractivity contribution in [1.82, 2.24) is 9.80 Å². The van der Waals surface area contributed by atoms with Gasteiger partial charge in [-0.15, -0.1) is 0 Å². The van der Waals surface area contributed by atoms with E-state index >= 15 is 0 Å². The fraction of sp³-hybridized carbons (Fsp3) is 0.300. The molecule has 0 saturated heterocycles. The third-order valence-electron chi connectivity index (χ3n) is 4.52. The number of amides is 3. The van der Waals surface area contributed by atoms with E-state index in [2.05, 4.69) is 4.74 Å². The van der Waals surface area contributed by atoms with Crippen LogP contribution in [0.4, 0.5) is 0 Å². The standard InChI is InChI=1S/C20H20N2O6/c1-27-18(24)9-10-21(13-14-5-4-12-28-14)17(23)8-11-22-19(25)15-6-2-3-7-16(15)20(22)26/h2-7,12H,8-11,13H2,1H3. The first kappa shape index (κ1) is 19.3. The lowest BCUT2D eigenvalue weighted by Gasteiger charge is -2.22. The zero-order chi connectivity index (χ0) is 20.1. The predicted octanol–water partition coefficient (Wildman–Crippen LogP) is 1.86. The largest absolute Gasteiger partial charge is 0.469 e. The first-order valence-electron chi connectivity index (χ1n) is 8.83. The van der Waals surface area contributed by atoms with E-state index in [1.54, 1.807) is 36.4 Å². The van der Waals surface area contributed by atoms with Crippen LogP contribution in [0.1, 0.15) is 39.3 Å². The van der Waals surface area contributed by atoms with E-state index in [1.165, 1.54) is 18.3 Å². The van der Waals surface area contributed by atoms with Gasteiger partial charge in [-0.3, -0.25) is 24.1 Å². The van der Waals surface area contributed by atoms with E-state index in [-0.39, 0.29) is 38.4 Å². The quantitative estimate of drug-likeness (QED) is 0.509. The maximum Gasteiger partial charge on any atom is 0.307 e. The van der Waals surface area contributed by atoms with Gasteiger partial charge in [0.2, 0.25) is 5.91 Å². The summed E-state index contributed by atoms with van der Waals surface area (Å²) in [6.07, 6.45) is 1.49. The van der Waals surface area contributed by atoms with Crippen LogP contribution in [0.5, 0.6) is 0 Å². The first-order chi connectivity index (χ1) is 13.5. The van der Waals surface area contributed by atoms with E-state index in [4.69, 9.17) is 4.42 Å². The molecule has 0 aliphatic carbocycles. The topological polar surface area (TPSA) is 97.1 Å². The molecule has 2 aromatic rings. The van der Waals surface area contributed by atoms with Gasteiger partial charge in [-0.05, 0) is 24.3 Å². The first-order valence-corrected chi connectivity index (χ1v) is 8.83. The Bertz CT molecular complexity index is 855. The summed E-state index contributed by atoms with van der Waals surface area (Å²) in [4.78, 5) is 51.5. The maximum atomic E-state index is 12.7. The Kier molecular flexibility index (Phi) is 5.88. The van der Waals surface area contributed by atoms with Crippen LogP contribution in [0.3, 0.4) is 0 Å². The van der Waals surface area contributed by atoms with Crippen LogP contribution in [0.2, 0.25) is 0 Å². The van der Waals surface area contributed by atoms with Gasteiger partial charge >= 0.3 is 5.97 Å². The molecule has 1 aliphatic heterocycles. The third-order valence-corrected chi connectivity index (χ3v) is 4.52. The average molecular weight is 384 g/mol. The monoisotopic (exact) mass is 384 g/mol. The zero-order valence-corrected chi connectivity index (χ0v) is 15.4. The van der Waals surface area contributed by atoms with Crippen molar-refractivity contribution in [2.24, 2.45) is 0 Å². The number of rotatable bonds is 8. The minimum atomic E-state index is -0.433. The number of hydrogen-bond acceptors (Lipinski definition) is 6. The van der Waals surface area contributed by atoms with Crippen LogP contribution in [0.25, 0.3) is 0 Å². The molecule has 2 heterocycles. The molecule has 0 atom stereocenters. The zero-order valence-electron chi connectivity index (χ0n) is 15.4. The molecule has 0 fully saturated rings. The summed E-state index contributed by atoms with van der Waals surface area (Å²) in [5.41, 5.74) is 0.691. The number of nitrogens with zero attached hydrogens (tertiary/aromatic N) is 2. The highest BCUT2D eigenvalue weighted by Gasteiger charge is 2.35. The molecule has 1 aromatic heterocycles. The number of ether oxygens (including phenoxy) is 1. The lowest BCUT2D eigenvalue weighted by molar-refractivity contribution is -0.142. The third kappa shape index (κ3) is 4.11. The summed E-state index contributed by atoms with van der Waals surface area (Å²) in [6, 6.07) is 10.0. The fourth-order valence-corrected chi connectivity index (χ4v) is 3.02. The van der Waals surface area contributed by atoms with E-state index in [9.17, 15) is 19.2 Å². The van der Waals surface area contributed by atoms with Crippen LogP contribution in [-0.4, -0.2) is 53.7 Å². The van der Waals surface area contributed by atoms with Crippen molar-refractivity contribution in [2.45, 2.75) is 19.4 Å². The Balaban J connectivity index is 1.64. The van der Waals surface area contributed by atoms with E-state index in [0.29, 0.717) is 16.9 Å². The number of methoxy groups -OCH3 is 1. The second-order valence-corrected chi connectivity index (χ2v) is 6.28. The van der Waals surface area contributed by atoms with Gasteiger partial charge in [0.1, 0.15) is 5.76 Å². The molecular weight excluding hydrogens is 364 g/mol. The molecule has 0 unspecified atom stereocenters. The molecule has 3 amide bonds. The minimum absolute atomic E-state index is 0.0297. The molecule has 0 radical (unpaired) electrons. The number of carbonyl (C=O) groups excluding carboxylic acids is 4. The summed E-state index contributed by atoms with van der Waals surface area (Å²) in [6.45, 7) is 0.303. The molecule has 3 rings (SSSR count). The molecular formula is C20H20N2O6. The Hall–Kier alpha value is -3.42. The molecule has 0 N–H and O–H groups in total. The fourth-order valence-electron chi connectivity index (χ4n) is 3.02. The van der Waals surface area contributed by atoms with Crippen molar-refractivity contribution in [1.29, 1.82) is 0 Å². The van der Waals surface area contributed by atoms with E-state index in [1.807, 2.05) is 0 Å². The van der Waals surface area contributed by atoms with Crippen LogP contribution in [-0.2, 0) is 20.9 Å². The molecule has 8 heteroatoms. The highest BCUT2D eigenvalue weighted by atomic mass is 16.5. The lowest BCUT2D eigenvalue weighted by atomic mass is 10.1. The summed E-state index contributed by atoms with van der Waals surface area (Å²) in [5.74, 6) is -0.963. The normalized spacial score (nSPS) is 12.8. The number of benzene rings is 1. The van der Waals surface area contributed by atoms with Gasteiger partial charge in [0.25, 0.3) is 11.8 Å². The minimum Gasteiger partial charge on any atom is -0.469 e. The Morgan fingerprint density at radius 3 is 2.29 bits per heavy atom. The number of furan rings is 1. The summed E-state index contributed by atoms with van der Waals surface area (Å²) < 4.78 is 9.90. The molecule has 28 heavy (non-hydrogen) atoms. The highest BCUT2D eigenvalue weighted by molar-refractivity contribution is 6.21.